The molecule has 0 bridgehead atoms. The first kappa shape index (κ1) is 10.6. The van der Waals surface area contributed by atoms with Crippen molar-refractivity contribution in [2.75, 3.05) is 29.5 Å². The molecule has 1 saturated heterocycles. The van der Waals surface area contributed by atoms with Crippen LogP contribution in [0.15, 0.2) is 18.2 Å². The van der Waals surface area contributed by atoms with Crippen molar-refractivity contribution in [3.05, 3.63) is 29.6 Å². The van der Waals surface area contributed by atoms with Gasteiger partial charge in [-0.15, -0.1) is 0 Å². The maximum Gasteiger partial charge on any atom is 0.227 e. The monoisotopic (exact) mass is 216 g/mol. The lowest BCUT2D eigenvalue weighted by atomic mass is 10.0. The van der Waals surface area contributed by atoms with Crippen LogP contribution < -0.4 is 16.4 Å². The molecule has 0 spiro atoms. The highest BCUT2D eigenvalue weighted by molar-refractivity contribution is 5.79. The van der Waals surface area contributed by atoms with Gasteiger partial charge in [-0.3, -0.25) is 0 Å². The maximum atomic E-state index is 7.01. The minimum Gasteiger partial charge on any atom is -0.397 e. The molecule has 16 heavy (non-hydrogen) atoms. The highest BCUT2D eigenvalue weighted by atomic mass is 15.1. The lowest BCUT2D eigenvalue weighted by Gasteiger charge is -2.30. The molecule has 4 nitrogen and oxygen atoms in total. The van der Waals surface area contributed by atoms with Gasteiger partial charge in [-0.25, -0.2) is 6.57 Å². The summed E-state index contributed by atoms with van der Waals surface area (Å²) >= 11 is 0. The van der Waals surface area contributed by atoms with Crippen molar-refractivity contribution in [1.82, 2.24) is 0 Å². The molecular formula is C12H16N4. The molecule has 1 aliphatic rings. The number of para-hydroxylation sites is 1. The van der Waals surface area contributed by atoms with Crippen LogP contribution in [-0.4, -0.2) is 19.1 Å². The van der Waals surface area contributed by atoms with E-state index in [0.717, 1.165) is 31.6 Å². The van der Waals surface area contributed by atoms with Crippen LogP contribution >= 0.6 is 0 Å². The first-order valence-corrected chi connectivity index (χ1v) is 5.48. The Morgan fingerprint density at radius 1 is 1.25 bits per heavy atom. The van der Waals surface area contributed by atoms with Crippen LogP contribution in [0.4, 0.5) is 17.1 Å². The predicted molar refractivity (Wildman–Crippen MR) is 67.1 cm³/mol. The topological polar surface area (TPSA) is 59.6 Å². The number of nitrogens with zero attached hydrogens (tertiary/aromatic N) is 2. The number of piperidine rings is 1. The van der Waals surface area contributed by atoms with Crippen LogP contribution in [0.1, 0.15) is 12.8 Å². The summed E-state index contributed by atoms with van der Waals surface area (Å²) in [7, 11) is 0. The van der Waals surface area contributed by atoms with Gasteiger partial charge in [0.05, 0.1) is 17.1 Å². The van der Waals surface area contributed by atoms with Crippen LogP contribution in [0, 0.1) is 6.57 Å². The van der Waals surface area contributed by atoms with Gasteiger partial charge in [0.2, 0.25) is 6.04 Å². The average Bonchev–Trinajstić information content (AvgIpc) is 2.33. The fourth-order valence-corrected chi connectivity index (χ4v) is 2.08. The lowest BCUT2D eigenvalue weighted by molar-refractivity contribution is 0.549. The molecule has 1 aliphatic heterocycles. The summed E-state index contributed by atoms with van der Waals surface area (Å²) in [5.41, 5.74) is 14.0. The highest BCUT2D eigenvalue weighted by Gasteiger charge is 2.23. The summed E-state index contributed by atoms with van der Waals surface area (Å²) in [6, 6.07) is 5.90. The van der Waals surface area contributed by atoms with Gasteiger partial charge in [0.25, 0.3) is 0 Å². The van der Waals surface area contributed by atoms with Gasteiger partial charge >= 0.3 is 0 Å². The van der Waals surface area contributed by atoms with Gasteiger partial charge in [-0.05, 0) is 12.1 Å². The molecule has 0 aliphatic carbocycles. The maximum absolute atomic E-state index is 7.01. The van der Waals surface area contributed by atoms with Gasteiger partial charge in [0.1, 0.15) is 0 Å². The Balaban J connectivity index is 2.15. The fraction of sp³-hybridized carbons (Fsp3) is 0.417. The largest absolute Gasteiger partial charge is 0.397 e. The number of rotatable bonds is 1. The molecule has 1 heterocycles. The SMILES string of the molecule is [C-]#[N+]C1CCN(c2cccc(N)c2N)CC1. The first-order chi connectivity index (χ1) is 7.72. The number of hydrogen-bond donors (Lipinski definition) is 2. The second kappa shape index (κ2) is 4.31. The third kappa shape index (κ3) is 1.89. The third-order valence-electron chi connectivity index (χ3n) is 3.10. The van der Waals surface area contributed by atoms with E-state index in [-0.39, 0.29) is 6.04 Å². The molecule has 0 aromatic heterocycles. The van der Waals surface area contributed by atoms with Crippen molar-refractivity contribution in [1.29, 1.82) is 0 Å². The van der Waals surface area contributed by atoms with E-state index in [0.29, 0.717) is 11.4 Å². The van der Waals surface area contributed by atoms with Crippen molar-refractivity contribution in [3.63, 3.8) is 0 Å². The van der Waals surface area contributed by atoms with E-state index in [1.807, 2.05) is 18.2 Å². The third-order valence-corrected chi connectivity index (χ3v) is 3.10. The molecular weight excluding hydrogens is 200 g/mol. The quantitative estimate of drug-likeness (QED) is 0.555. The van der Waals surface area contributed by atoms with E-state index in [1.165, 1.54) is 0 Å². The van der Waals surface area contributed by atoms with Crippen LogP contribution in [0.5, 0.6) is 0 Å². The second-order valence-corrected chi connectivity index (χ2v) is 4.13. The van der Waals surface area contributed by atoms with Crippen molar-refractivity contribution in [2.24, 2.45) is 0 Å². The van der Waals surface area contributed by atoms with Crippen molar-refractivity contribution >= 4 is 17.1 Å². The molecule has 0 unspecified atom stereocenters. The van der Waals surface area contributed by atoms with Crippen LogP contribution in [-0.2, 0) is 0 Å². The molecule has 4 N–H and O–H groups in total. The average molecular weight is 216 g/mol. The Morgan fingerprint density at radius 2 is 1.94 bits per heavy atom. The van der Waals surface area contributed by atoms with Gasteiger partial charge in [-0.2, -0.15) is 0 Å². The smallest absolute Gasteiger partial charge is 0.227 e. The van der Waals surface area contributed by atoms with E-state index in [4.69, 9.17) is 18.0 Å². The van der Waals surface area contributed by atoms with E-state index in [9.17, 15) is 0 Å². The van der Waals surface area contributed by atoms with Gasteiger partial charge in [0, 0.05) is 25.9 Å². The molecule has 4 heteroatoms. The van der Waals surface area contributed by atoms with E-state index in [2.05, 4.69) is 9.74 Å². The van der Waals surface area contributed by atoms with E-state index in [1.54, 1.807) is 0 Å². The zero-order valence-electron chi connectivity index (χ0n) is 9.19. The second-order valence-electron chi connectivity index (χ2n) is 4.13. The van der Waals surface area contributed by atoms with Gasteiger partial charge < -0.3 is 21.2 Å². The molecule has 0 saturated carbocycles. The van der Waals surface area contributed by atoms with Crippen LogP contribution in [0.25, 0.3) is 4.85 Å². The normalized spacial score (nSPS) is 17.1. The number of hydrogen-bond acceptors (Lipinski definition) is 3. The molecule has 2 rings (SSSR count). The summed E-state index contributed by atoms with van der Waals surface area (Å²) in [5.74, 6) is 0. The lowest BCUT2D eigenvalue weighted by Crippen LogP contribution is -2.35. The molecule has 1 aromatic rings. The number of nitrogen functional groups attached to an aromatic ring is 2. The van der Waals surface area contributed by atoms with E-state index < -0.39 is 0 Å². The molecule has 1 fully saturated rings. The van der Waals surface area contributed by atoms with E-state index >= 15 is 0 Å². The summed E-state index contributed by atoms with van der Waals surface area (Å²) in [6.45, 7) is 8.78. The summed E-state index contributed by atoms with van der Waals surface area (Å²) in [5, 5.41) is 0. The Bertz CT molecular complexity index is 414. The zero-order chi connectivity index (χ0) is 11.5. The summed E-state index contributed by atoms with van der Waals surface area (Å²) in [6.07, 6.45) is 1.83. The number of nitrogens with two attached hydrogens (primary N) is 2. The minimum atomic E-state index is 0.179. The van der Waals surface area contributed by atoms with Crippen molar-refractivity contribution in [2.45, 2.75) is 18.9 Å². The number of anilines is 3. The highest BCUT2D eigenvalue weighted by Crippen LogP contribution is 2.30. The minimum absolute atomic E-state index is 0.179. The Morgan fingerprint density at radius 3 is 2.56 bits per heavy atom. The van der Waals surface area contributed by atoms with Crippen LogP contribution in [0.2, 0.25) is 0 Å². The summed E-state index contributed by atoms with van der Waals surface area (Å²) in [4.78, 5) is 5.80. The Kier molecular flexibility index (Phi) is 2.86. The van der Waals surface area contributed by atoms with Gasteiger partial charge in [0.15, 0.2) is 0 Å². The molecule has 0 atom stereocenters. The molecule has 84 valence electrons. The zero-order valence-corrected chi connectivity index (χ0v) is 9.19. The van der Waals surface area contributed by atoms with Crippen molar-refractivity contribution in [3.8, 4) is 0 Å². The standard InChI is InChI=1S/C12H16N4/c1-15-9-5-7-16(8-6-9)11-4-2-3-10(13)12(11)14/h2-4,9H,5-8,13-14H2. The molecule has 1 aromatic carbocycles. The summed E-state index contributed by atoms with van der Waals surface area (Å²) < 4.78 is 0. The molecule has 0 radical (unpaired) electrons. The number of benzene rings is 1. The first-order valence-electron chi connectivity index (χ1n) is 5.48. The Labute approximate surface area is 95.7 Å². The fourth-order valence-electron chi connectivity index (χ4n) is 2.08. The Hall–Kier alpha value is -1.89. The van der Waals surface area contributed by atoms with Crippen molar-refractivity contribution < 1.29 is 0 Å². The predicted octanol–water partition coefficient (Wildman–Crippen LogP) is 1.74. The van der Waals surface area contributed by atoms with Gasteiger partial charge in [-0.1, -0.05) is 6.07 Å². The molecule has 0 amide bonds. The van der Waals surface area contributed by atoms with Crippen LogP contribution in [0.3, 0.4) is 0 Å².